The van der Waals surface area contributed by atoms with Crippen LogP contribution >= 0.6 is 0 Å². The molecule has 0 radical (unpaired) electrons. The van der Waals surface area contributed by atoms with Crippen LogP contribution in [-0.4, -0.2) is 18.7 Å². The molecule has 3 nitrogen and oxygen atoms in total. The van der Waals surface area contributed by atoms with Gasteiger partial charge in [0.2, 0.25) is 0 Å². The van der Waals surface area contributed by atoms with Crippen molar-refractivity contribution < 1.29 is 14.9 Å². The second kappa shape index (κ2) is 7.70. The maximum atomic E-state index is 5.42. The molecule has 2 aliphatic rings. The molecule has 0 spiro atoms. The summed E-state index contributed by atoms with van der Waals surface area (Å²) in [4.78, 5) is 0. The summed E-state index contributed by atoms with van der Waals surface area (Å²) < 4.78 is 10.8. The zero-order chi connectivity index (χ0) is 13.6. The molecule has 3 heteroatoms. The van der Waals surface area contributed by atoms with Crippen LogP contribution in [0, 0.1) is 0 Å². The van der Waals surface area contributed by atoms with Crippen LogP contribution in [0.5, 0.6) is 11.5 Å². The molecule has 2 aromatic carbocycles. The second-order valence-corrected chi connectivity index (χ2v) is 5.12. The molecule has 0 bridgehead atoms. The lowest BCUT2D eigenvalue weighted by Crippen LogP contribution is -2.07. The number of hydrogen-bond acceptors (Lipinski definition) is 2. The van der Waals surface area contributed by atoms with Crippen LogP contribution in [-0.2, 0) is 12.8 Å². The van der Waals surface area contributed by atoms with Crippen molar-refractivity contribution in [2.75, 3.05) is 13.2 Å². The van der Waals surface area contributed by atoms with Gasteiger partial charge in [-0.05, 0) is 48.9 Å². The molecular formula is C18H22O3. The molecule has 0 saturated carbocycles. The Morgan fingerprint density at radius 1 is 0.619 bits per heavy atom. The third-order valence-electron chi connectivity index (χ3n) is 3.64. The van der Waals surface area contributed by atoms with Crippen LogP contribution in [0.15, 0.2) is 48.5 Å². The largest absolute Gasteiger partial charge is 0.493 e. The van der Waals surface area contributed by atoms with E-state index in [1.807, 2.05) is 24.3 Å². The van der Waals surface area contributed by atoms with Crippen molar-refractivity contribution >= 4 is 0 Å². The first kappa shape index (κ1) is 15.4. The summed E-state index contributed by atoms with van der Waals surface area (Å²) in [6.45, 7) is 1.77. The van der Waals surface area contributed by atoms with Crippen molar-refractivity contribution in [3.63, 3.8) is 0 Å². The highest BCUT2D eigenvalue weighted by Crippen LogP contribution is 2.23. The zero-order valence-corrected chi connectivity index (χ0v) is 12.2. The molecule has 2 N–H and O–H groups in total. The number of aryl methyl sites for hydroxylation is 2. The van der Waals surface area contributed by atoms with E-state index in [1.165, 1.54) is 24.0 Å². The lowest BCUT2D eigenvalue weighted by atomic mass is 10.1. The molecule has 0 unspecified atom stereocenters. The van der Waals surface area contributed by atoms with Crippen LogP contribution in [0.1, 0.15) is 24.0 Å². The van der Waals surface area contributed by atoms with E-state index in [0.29, 0.717) is 0 Å². The third-order valence-corrected chi connectivity index (χ3v) is 3.64. The molecule has 112 valence electrons. The van der Waals surface area contributed by atoms with Gasteiger partial charge in [-0.15, -0.1) is 0 Å². The van der Waals surface area contributed by atoms with Crippen LogP contribution in [0.25, 0.3) is 0 Å². The average molecular weight is 286 g/mol. The van der Waals surface area contributed by atoms with Gasteiger partial charge in [0, 0.05) is 0 Å². The Kier molecular flexibility index (Phi) is 5.64. The molecule has 0 saturated heterocycles. The predicted molar refractivity (Wildman–Crippen MR) is 84.1 cm³/mol. The van der Waals surface area contributed by atoms with Gasteiger partial charge in [-0.1, -0.05) is 36.4 Å². The smallest absolute Gasteiger partial charge is 0.122 e. The highest BCUT2D eigenvalue weighted by Gasteiger charge is 2.07. The van der Waals surface area contributed by atoms with Gasteiger partial charge in [0.05, 0.1) is 13.2 Å². The van der Waals surface area contributed by atoms with Gasteiger partial charge in [0.25, 0.3) is 0 Å². The minimum Gasteiger partial charge on any atom is -0.493 e. The normalized spacial score (nSPS) is 14.9. The number of rotatable bonds is 0. The van der Waals surface area contributed by atoms with Crippen molar-refractivity contribution in [1.29, 1.82) is 0 Å². The topological polar surface area (TPSA) is 50.0 Å². The van der Waals surface area contributed by atoms with Gasteiger partial charge >= 0.3 is 0 Å². The van der Waals surface area contributed by atoms with Crippen molar-refractivity contribution in [3.8, 4) is 11.5 Å². The van der Waals surface area contributed by atoms with E-state index < -0.39 is 0 Å². The second-order valence-electron chi connectivity index (χ2n) is 5.12. The Bertz CT molecular complexity index is 464. The minimum atomic E-state index is 0. The van der Waals surface area contributed by atoms with Crippen LogP contribution in [0.2, 0.25) is 0 Å². The Balaban J connectivity index is 0.000000147. The number of para-hydroxylation sites is 2. The first-order chi connectivity index (χ1) is 9.93. The zero-order valence-electron chi connectivity index (χ0n) is 12.2. The van der Waals surface area contributed by atoms with E-state index in [0.717, 1.165) is 37.6 Å². The molecule has 0 atom stereocenters. The number of ether oxygens (including phenoxy) is 2. The monoisotopic (exact) mass is 286 g/mol. The maximum absolute atomic E-state index is 5.42. The highest BCUT2D eigenvalue weighted by molar-refractivity contribution is 5.35. The molecule has 2 aliphatic heterocycles. The third kappa shape index (κ3) is 3.99. The number of hydrogen-bond donors (Lipinski definition) is 0. The SMILES string of the molecule is O.c1ccc2c(c1)CCCO2.c1ccc2c(c1)CCCO2. The Hall–Kier alpha value is -2.00. The summed E-state index contributed by atoms with van der Waals surface area (Å²) in [6, 6.07) is 16.5. The van der Waals surface area contributed by atoms with Crippen LogP contribution < -0.4 is 9.47 Å². The van der Waals surface area contributed by atoms with E-state index in [-0.39, 0.29) is 5.48 Å². The van der Waals surface area contributed by atoms with E-state index in [9.17, 15) is 0 Å². The molecule has 2 heterocycles. The Morgan fingerprint density at radius 2 is 1.05 bits per heavy atom. The first-order valence-corrected chi connectivity index (χ1v) is 7.35. The van der Waals surface area contributed by atoms with E-state index >= 15 is 0 Å². The Morgan fingerprint density at radius 3 is 1.48 bits per heavy atom. The highest BCUT2D eigenvalue weighted by atomic mass is 16.5. The van der Waals surface area contributed by atoms with Crippen LogP contribution in [0.4, 0.5) is 0 Å². The fraction of sp³-hybridized carbons (Fsp3) is 0.333. The van der Waals surface area contributed by atoms with Crippen molar-refractivity contribution in [2.45, 2.75) is 25.7 Å². The fourth-order valence-corrected chi connectivity index (χ4v) is 2.59. The summed E-state index contributed by atoms with van der Waals surface area (Å²) in [7, 11) is 0. The summed E-state index contributed by atoms with van der Waals surface area (Å²) in [6.07, 6.45) is 4.68. The van der Waals surface area contributed by atoms with Crippen molar-refractivity contribution in [3.05, 3.63) is 59.7 Å². The summed E-state index contributed by atoms with van der Waals surface area (Å²) in [5, 5.41) is 0. The quantitative estimate of drug-likeness (QED) is 0.746. The van der Waals surface area contributed by atoms with Gasteiger partial charge in [0.1, 0.15) is 11.5 Å². The van der Waals surface area contributed by atoms with E-state index in [4.69, 9.17) is 9.47 Å². The van der Waals surface area contributed by atoms with Crippen LogP contribution in [0.3, 0.4) is 0 Å². The minimum absolute atomic E-state index is 0. The number of benzene rings is 2. The molecule has 0 aromatic heterocycles. The fourth-order valence-electron chi connectivity index (χ4n) is 2.59. The van der Waals surface area contributed by atoms with E-state index in [2.05, 4.69) is 24.3 Å². The van der Waals surface area contributed by atoms with Gasteiger partial charge in [0.15, 0.2) is 0 Å². The molecule has 4 rings (SSSR count). The lowest BCUT2D eigenvalue weighted by Gasteiger charge is -2.15. The summed E-state index contributed by atoms with van der Waals surface area (Å²) >= 11 is 0. The van der Waals surface area contributed by atoms with Gasteiger partial charge in [-0.25, -0.2) is 0 Å². The van der Waals surface area contributed by atoms with E-state index in [1.54, 1.807) is 0 Å². The molecule has 0 aliphatic carbocycles. The molecule has 2 aromatic rings. The summed E-state index contributed by atoms with van der Waals surface area (Å²) in [5.41, 5.74) is 2.71. The summed E-state index contributed by atoms with van der Waals surface area (Å²) in [5.74, 6) is 2.16. The standard InChI is InChI=1S/2C9H10O.H2O/c2*1-2-6-9-8(4-1)5-3-7-10-9;/h2*1-2,4,6H,3,5,7H2;1H2. The molecule has 0 fully saturated rings. The van der Waals surface area contributed by atoms with Gasteiger partial charge < -0.3 is 14.9 Å². The average Bonchev–Trinajstić information content (AvgIpc) is 2.56. The van der Waals surface area contributed by atoms with Crippen molar-refractivity contribution in [2.24, 2.45) is 0 Å². The van der Waals surface area contributed by atoms with Gasteiger partial charge in [-0.3, -0.25) is 0 Å². The molecule has 0 amide bonds. The molecule has 21 heavy (non-hydrogen) atoms. The first-order valence-electron chi connectivity index (χ1n) is 7.35. The van der Waals surface area contributed by atoms with Crippen molar-refractivity contribution in [1.82, 2.24) is 0 Å². The molecular weight excluding hydrogens is 264 g/mol. The maximum Gasteiger partial charge on any atom is 0.122 e. The van der Waals surface area contributed by atoms with Gasteiger partial charge in [-0.2, -0.15) is 0 Å². The predicted octanol–water partition coefficient (Wildman–Crippen LogP) is 3.20. The number of fused-ring (bicyclic) bond motifs is 2. The lowest BCUT2D eigenvalue weighted by molar-refractivity contribution is 0.288. The Labute approximate surface area is 125 Å².